The third kappa shape index (κ3) is 5.45. The second-order valence-electron chi connectivity index (χ2n) is 7.10. The lowest BCUT2D eigenvalue weighted by Crippen LogP contribution is -2.30. The first-order valence-corrected chi connectivity index (χ1v) is 11.3. The number of hydrogen-bond acceptors (Lipinski definition) is 6. The van der Waals surface area contributed by atoms with Gasteiger partial charge in [-0.3, -0.25) is 19.3 Å². The van der Waals surface area contributed by atoms with E-state index in [2.05, 4.69) is 15.0 Å². The molecule has 0 unspecified atom stereocenters. The number of amides is 1. The monoisotopic (exact) mass is 476 g/mol. The Bertz CT molecular complexity index is 1220. The van der Waals surface area contributed by atoms with E-state index >= 15 is 0 Å². The number of nitrogens with zero attached hydrogens (tertiary/aromatic N) is 2. The molecule has 0 saturated carbocycles. The number of anilines is 1. The average Bonchev–Trinajstić information content (AvgIpc) is 2.74. The van der Waals surface area contributed by atoms with Gasteiger partial charge in [-0.15, -0.1) is 0 Å². The number of carboxylic acid groups (broad SMARTS) is 1. The molecule has 11 heteroatoms. The number of rotatable bonds is 7. The molecule has 1 aliphatic heterocycles. The fourth-order valence-electron chi connectivity index (χ4n) is 2.99. The molecule has 0 aromatic heterocycles. The summed E-state index contributed by atoms with van der Waals surface area (Å²) in [5.41, 5.74) is 2.42. The van der Waals surface area contributed by atoms with Crippen LogP contribution in [0.5, 0.6) is 0 Å². The maximum Gasteiger partial charge on any atom is 0.322 e. The summed E-state index contributed by atoms with van der Waals surface area (Å²) >= 11 is 6.07. The molecule has 0 fully saturated rings. The quantitative estimate of drug-likeness (QED) is 0.563. The van der Waals surface area contributed by atoms with E-state index in [4.69, 9.17) is 16.7 Å². The van der Waals surface area contributed by atoms with Gasteiger partial charge in [0.25, 0.3) is 15.9 Å². The SMILES string of the molecule is Cc1cc(S(=O)(=O)NC2=CN(c3ccc(C(=O)NCC(=O)O)cc3)CN=C2)c(C)cc1Cl. The number of hydrogen-bond donors (Lipinski definition) is 3. The lowest BCUT2D eigenvalue weighted by Gasteiger charge is -2.23. The largest absolute Gasteiger partial charge is 0.480 e. The van der Waals surface area contributed by atoms with Crippen LogP contribution in [0, 0.1) is 13.8 Å². The van der Waals surface area contributed by atoms with Crippen LogP contribution >= 0.6 is 11.6 Å². The summed E-state index contributed by atoms with van der Waals surface area (Å²) in [7, 11) is -3.86. The first kappa shape index (κ1) is 23.3. The third-order valence-electron chi connectivity index (χ3n) is 4.62. The Hall–Kier alpha value is -3.37. The molecule has 0 bridgehead atoms. The number of sulfonamides is 1. The highest BCUT2D eigenvalue weighted by atomic mass is 35.5. The van der Waals surface area contributed by atoms with Crippen molar-refractivity contribution < 1.29 is 23.1 Å². The van der Waals surface area contributed by atoms with Gasteiger partial charge >= 0.3 is 5.97 Å². The molecule has 2 aromatic rings. The normalized spacial score (nSPS) is 13.5. The van der Waals surface area contributed by atoms with Crippen LogP contribution in [0.3, 0.4) is 0 Å². The Labute approximate surface area is 190 Å². The van der Waals surface area contributed by atoms with Gasteiger partial charge in [0.15, 0.2) is 0 Å². The summed E-state index contributed by atoms with van der Waals surface area (Å²) in [6, 6.07) is 9.53. The molecule has 1 heterocycles. The molecule has 1 amide bonds. The Balaban J connectivity index is 1.77. The van der Waals surface area contributed by atoms with Crippen LogP contribution in [-0.2, 0) is 14.8 Å². The van der Waals surface area contributed by atoms with E-state index in [-0.39, 0.29) is 17.3 Å². The zero-order valence-electron chi connectivity index (χ0n) is 17.3. The van der Waals surface area contributed by atoms with Crippen LogP contribution in [0.15, 0.2) is 58.2 Å². The minimum Gasteiger partial charge on any atom is -0.480 e. The number of halogens is 1. The summed E-state index contributed by atoms with van der Waals surface area (Å²) in [6.45, 7) is 3.19. The first-order chi connectivity index (χ1) is 15.1. The smallest absolute Gasteiger partial charge is 0.322 e. The standard InChI is InChI=1S/C21H21ClN4O5S/c1-13-8-19(14(2)7-18(13)22)32(30,31)25-16-9-23-12-26(11-16)17-5-3-15(4-6-17)21(29)24-10-20(27)28/h3-9,11,25H,10,12H2,1-2H3,(H,24,29)(H,27,28). The Morgan fingerprint density at radius 3 is 2.50 bits per heavy atom. The maximum atomic E-state index is 12.9. The molecule has 0 radical (unpaired) electrons. The number of aliphatic imine (C=N–C) groups is 1. The van der Waals surface area contributed by atoms with E-state index in [0.717, 1.165) is 0 Å². The fraction of sp³-hybridized carbons (Fsp3) is 0.190. The fourth-order valence-corrected chi connectivity index (χ4v) is 4.55. The minimum atomic E-state index is -3.86. The number of aryl methyl sites for hydroxylation is 2. The molecular weight excluding hydrogens is 456 g/mol. The van der Waals surface area contributed by atoms with E-state index in [1.807, 2.05) is 0 Å². The van der Waals surface area contributed by atoms with Crippen LogP contribution < -0.4 is 14.9 Å². The van der Waals surface area contributed by atoms with Gasteiger partial charge in [0.05, 0.1) is 10.6 Å². The third-order valence-corrected chi connectivity index (χ3v) is 6.55. The number of aliphatic carboxylic acids is 1. The second-order valence-corrected chi connectivity index (χ2v) is 9.16. The highest BCUT2D eigenvalue weighted by Gasteiger charge is 2.20. The average molecular weight is 477 g/mol. The molecule has 0 aliphatic carbocycles. The van der Waals surface area contributed by atoms with Crippen molar-refractivity contribution in [3.63, 3.8) is 0 Å². The number of carboxylic acids is 1. The van der Waals surface area contributed by atoms with Crippen LogP contribution in [0.1, 0.15) is 21.5 Å². The molecule has 2 aromatic carbocycles. The van der Waals surface area contributed by atoms with E-state index in [9.17, 15) is 18.0 Å². The summed E-state index contributed by atoms with van der Waals surface area (Å²) in [5, 5.41) is 11.4. The van der Waals surface area contributed by atoms with Gasteiger partial charge in [0, 0.05) is 28.7 Å². The number of carbonyl (C=O) groups is 2. The van der Waals surface area contributed by atoms with Crippen molar-refractivity contribution in [2.24, 2.45) is 4.99 Å². The Morgan fingerprint density at radius 1 is 1.16 bits per heavy atom. The van der Waals surface area contributed by atoms with Gasteiger partial charge in [0.1, 0.15) is 13.2 Å². The van der Waals surface area contributed by atoms with Crippen molar-refractivity contribution in [1.82, 2.24) is 10.0 Å². The Kier molecular flexibility index (Phi) is 6.85. The molecule has 3 rings (SSSR count). The van der Waals surface area contributed by atoms with Crippen molar-refractivity contribution in [3.05, 3.63) is 70.0 Å². The molecule has 0 spiro atoms. The highest BCUT2D eigenvalue weighted by Crippen LogP contribution is 2.25. The first-order valence-electron chi connectivity index (χ1n) is 9.45. The summed E-state index contributed by atoms with van der Waals surface area (Å²) in [4.78, 5) is 28.5. The topological polar surface area (TPSA) is 128 Å². The van der Waals surface area contributed by atoms with E-state index in [1.54, 1.807) is 55.3 Å². The Morgan fingerprint density at radius 2 is 1.84 bits per heavy atom. The molecule has 0 saturated heterocycles. The summed E-state index contributed by atoms with van der Waals surface area (Å²) in [6.07, 6.45) is 3.03. The van der Waals surface area contributed by atoms with Crippen molar-refractivity contribution >= 4 is 45.4 Å². The van der Waals surface area contributed by atoms with Gasteiger partial charge in [0.2, 0.25) is 0 Å². The van der Waals surface area contributed by atoms with Gasteiger partial charge in [-0.2, -0.15) is 0 Å². The molecule has 32 heavy (non-hydrogen) atoms. The van der Waals surface area contributed by atoms with Crippen LogP contribution in [-0.4, -0.2) is 44.8 Å². The van der Waals surface area contributed by atoms with Crippen molar-refractivity contribution in [3.8, 4) is 0 Å². The lowest BCUT2D eigenvalue weighted by molar-refractivity contribution is -0.135. The lowest BCUT2D eigenvalue weighted by atomic mass is 10.2. The van der Waals surface area contributed by atoms with Gasteiger partial charge in [-0.05, 0) is 61.4 Å². The molecule has 0 atom stereocenters. The highest BCUT2D eigenvalue weighted by molar-refractivity contribution is 7.89. The minimum absolute atomic E-state index is 0.127. The van der Waals surface area contributed by atoms with Gasteiger partial charge < -0.3 is 15.3 Å². The van der Waals surface area contributed by atoms with E-state index in [0.29, 0.717) is 27.4 Å². The van der Waals surface area contributed by atoms with Crippen LogP contribution in [0.2, 0.25) is 5.02 Å². The van der Waals surface area contributed by atoms with Crippen molar-refractivity contribution in [2.75, 3.05) is 18.1 Å². The number of benzene rings is 2. The second kappa shape index (κ2) is 9.41. The number of allylic oxidation sites excluding steroid dienone is 1. The predicted molar refractivity (Wildman–Crippen MR) is 122 cm³/mol. The van der Waals surface area contributed by atoms with E-state index in [1.165, 1.54) is 12.3 Å². The zero-order chi connectivity index (χ0) is 23.5. The van der Waals surface area contributed by atoms with Crippen LogP contribution in [0.25, 0.3) is 0 Å². The summed E-state index contributed by atoms with van der Waals surface area (Å²) < 4.78 is 28.3. The predicted octanol–water partition coefficient (Wildman–Crippen LogP) is 2.44. The van der Waals surface area contributed by atoms with Crippen molar-refractivity contribution in [2.45, 2.75) is 18.7 Å². The van der Waals surface area contributed by atoms with Gasteiger partial charge in [-0.25, -0.2) is 8.42 Å². The molecular formula is C21H21ClN4O5S. The van der Waals surface area contributed by atoms with Gasteiger partial charge in [-0.1, -0.05) is 11.6 Å². The van der Waals surface area contributed by atoms with Crippen molar-refractivity contribution in [1.29, 1.82) is 0 Å². The molecule has 168 valence electrons. The molecule has 9 nitrogen and oxygen atoms in total. The number of carbonyl (C=O) groups excluding carboxylic acids is 1. The zero-order valence-corrected chi connectivity index (χ0v) is 18.9. The van der Waals surface area contributed by atoms with Crippen LogP contribution in [0.4, 0.5) is 5.69 Å². The van der Waals surface area contributed by atoms with E-state index < -0.39 is 28.4 Å². The number of nitrogens with one attached hydrogen (secondary N) is 2. The summed E-state index contributed by atoms with van der Waals surface area (Å²) in [5.74, 6) is -1.64. The molecule has 3 N–H and O–H groups in total. The molecule has 1 aliphatic rings. The maximum absolute atomic E-state index is 12.9.